The van der Waals surface area contributed by atoms with E-state index >= 15 is 0 Å². The van der Waals surface area contributed by atoms with E-state index in [0.717, 1.165) is 15.9 Å². The van der Waals surface area contributed by atoms with Crippen LogP contribution in [0.2, 0.25) is 5.02 Å². The van der Waals surface area contributed by atoms with Crippen LogP contribution in [0.4, 0.5) is 0 Å². The van der Waals surface area contributed by atoms with Gasteiger partial charge in [0.2, 0.25) is 0 Å². The van der Waals surface area contributed by atoms with Crippen LogP contribution in [0, 0.1) is 10.4 Å². The second-order valence-corrected chi connectivity index (χ2v) is 7.06. The predicted octanol–water partition coefficient (Wildman–Crippen LogP) is 3.31. The van der Waals surface area contributed by atoms with Crippen LogP contribution >= 0.6 is 11.6 Å². The van der Waals surface area contributed by atoms with Gasteiger partial charge < -0.3 is 19.9 Å². The van der Waals surface area contributed by atoms with Crippen molar-refractivity contribution in [2.45, 2.75) is 38.8 Å². The lowest BCUT2D eigenvalue weighted by Crippen LogP contribution is -2.50. The summed E-state index contributed by atoms with van der Waals surface area (Å²) in [5.74, 6) is -1.46. The molecular weight excluding hydrogens is 368 g/mol. The van der Waals surface area contributed by atoms with Gasteiger partial charge in [-0.25, -0.2) is 0 Å². The van der Waals surface area contributed by atoms with Crippen LogP contribution < -0.4 is 9.46 Å². The minimum Gasteiger partial charge on any atom is -0.618 e. The molecule has 4 rings (SSSR count). The van der Waals surface area contributed by atoms with Crippen LogP contribution in [0.3, 0.4) is 0 Å². The fourth-order valence-electron chi connectivity index (χ4n) is 3.39. The lowest BCUT2D eigenvalue weighted by molar-refractivity contribution is -0.643. The smallest absolute Gasteiger partial charge is 0.329 e. The van der Waals surface area contributed by atoms with E-state index in [0.29, 0.717) is 16.1 Å². The Morgan fingerprint density at radius 3 is 2.37 bits per heavy atom. The fraction of sp³-hybridized carbons (Fsp3) is 0.300. The molecule has 0 aliphatic carbocycles. The highest BCUT2D eigenvalue weighted by Crippen LogP contribution is 2.42. The Balaban J connectivity index is 2.03. The van der Waals surface area contributed by atoms with Crippen molar-refractivity contribution in [3.05, 3.63) is 80.9 Å². The molecule has 2 heterocycles. The number of hydrogen-bond acceptors (Lipinski definition) is 4. The third kappa shape index (κ3) is 2.72. The van der Waals surface area contributed by atoms with Crippen molar-refractivity contribution >= 4 is 22.6 Å². The van der Waals surface area contributed by atoms with Gasteiger partial charge >= 0.3 is 5.69 Å². The molecule has 0 radical (unpaired) electrons. The molecule has 27 heavy (non-hydrogen) atoms. The molecule has 1 aliphatic heterocycles. The van der Waals surface area contributed by atoms with Crippen molar-refractivity contribution in [1.82, 2.24) is 0 Å². The Kier molecular flexibility index (Phi) is 4.42. The van der Waals surface area contributed by atoms with Crippen LogP contribution in [0.25, 0.3) is 11.0 Å². The van der Waals surface area contributed by atoms with Crippen LogP contribution in [-0.2, 0) is 21.9 Å². The SMILES string of the molecule is CCC(C)OC1(c2ccc(Cl)cc2)OCc2c1[n+]([O-])c1ccccc1[n+]2[O-]. The summed E-state index contributed by atoms with van der Waals surface area (Å²) < 4.78 is 13.8. The molecule has 7 heteroatoms. The summed E-state index contributed by atoms with van der Waals surface area (Å²) in [6, 6.07) is 13.6. The maximum Gasteiger partial charge on any atom is 0.329 e. The van der Waals surface area contributed by atoms with Crippen LogP contribution in [0.1, 0.15) is 37.2 Å². The summed E-state index contributed by atoms with van der Waals surface area (Å²) in [6.45, 7) is 3.86. The molecule has 0 saturated carbocycles. The molecule has 0 saturated heterocycles. The number of halogens is 1. The van der Waals surface area contributed by atoms with Crippen LogP contribution in [0.5, 0.6) is 0 Å². The molecule has 2 aromatic carbocycles. The zero-order valence-corrected chi connectivity index (χ0v) is 15.8. The number of fused-ring (bicyclic) bond motifs is 2. The predicted molar refractivity (Wildman–Crippen MR) is 99.7 cm³/mol. The largest absolute Gasteiger partial charge is 0.618 e. The minimum absolute atomic E-state index is 0.0228. The first-order chi connectivity index (χ1) is 13.0. The number of para-hydroxylation sites is 2. The second-order valence-electron chi connectivity index (χ2n) is 6.62. The quantitative estimate of drug-likeness (QED) is 0.509. The normalized spacial score (nSPS) is 20.0. The molecule has 1 aliphatic rings. The van der Waals surface area contributed by atoms with Gasteiger partial charge in [-0.15, -0.1) is 0 Å². The molecule has 6 nitrogen and oxygen atoms in total. The molecule has 140 valence electrons. The molecule has 0 fully saturated rings. The maximum atomic E-state index is 13.3. The van der Waals surface area contributed by atoms with Gasteiger partial charge in [0.25, 0.3) is 22.5 Å². The first-order valence-electron chi connectivity index (χ1n) is 8.83. The van der Waals surface area contributed by atoms with Crippen LogP contribution in [-0.4, -0.2) is 6.10 Å². The first-order valence-corrected chi connectivity index (χ1v) is 9.20. The highest BCUT2D eigenvalue weighted by Gasteiger charge is 2.56. The molecule has 2 atom stereocenters. The van der Waals surface area contributed by atoms with Gasteiger partial charge in [-0.2, -0.15) is 9.46 Å². The van der Waals surface area contributed by atoms with Crippen molar-refractivity contribution < 1.29 is 18.9 Å². The van der Waals surface area contributed by atoms with Gasteiger partial charge in [0.1, 0.15) is 6.61 Å². The monoisotopic (exact) mass is 386 g/mol. The molecule has 0 amide bonds. The summed E-state index contributed by atoms with van der Waals surface area (Å²) in [4.78, 5) is 0. The van der Waals surface area contributed by atoms with Gasteiger partial charge in [0.05, 0.1) is 6.10 Å². The summed E-state index contributed by atoms with van der Waals surface area (Å²) >= 11 is 6.03. The topological polar surface area (TPSA) is 72.3 Å². The number of ether oxygens (including phenoxy) is 2. The molecule has 0 bridgehead atoms. The second kappa shape index (κ2) is 6.64. The minimum atomic E-state index is -1.46. The van der Waals surface area contributed by atoms with E-state index in [9.17, 15) is 10.4 Å². The summed E-state index contributed by atoms with van der Waals surface area (Å²) in [5, 5.41) is 26.7. The Bertz CT molecular complexity index is 1010. The maximum absolute atomic E-state index is 13.3. The third-order valence-electron chi connectivity index (χ3n) is 4.93. The van der Waals surface area contributed by atoms with Gasteiger partial charge in [-0.1, -0.05) is 42.8 Å². The van der Waals surface area contributed by atoms with Gasteiger partial charge in [-0.3, -0.25) is 0 Å². The van der Waals surface area contributed by atoms with E-state index in [1.807, 2.05) is 13.8 Å². The zero-order chi connectivity index (χ0) is 19.2. The van der Waals surface area contributed by atoms with Gasteiger partial charge in [-0.05, 0) is 25.5 Å². The lowest BCUT2D eigenvalue weighted by atomic mass is 10.0. The standard InChI is InChI=1S/C20H19ClN2O4/c1-3-13(2)27-20(14-8-10-15(21)11-9-14)19-18(12-26-20)22(24)16-6-4-5-7-17(16)23(19)25/h4-11,13H,3,12H2,1-2H3. The Morgan fingerprint density at radius 2 is 1.74 bits per heavy atom. The first kappa shape index (κ1) is 18.0. The van der Waals surface area contributed by atoms with Crippen molar-refractivity contribution in [2.24, 2.45) is 0 Å². The van der Waals surface area contributed by atoms with Gasteiger partial charge in [0.15, 0.2) is 0 Å². The van der Waals surface area contributed by atoms with Gasteiger partial charge in [0, 0.05) is 22.7 Å². The summed E-state index contributed by atoms with van der Waals surface area (Å²) in [5.41, 5.74) is 1.60. The van der Waals surface area contributed by atoms with E-state index in [-0.39, 0.29) is 29.6 Å². The molecule has 0 N–H and O–H groups in total. The molecule has 1 aromatic heterocycles. The average molecular weight is 387 g/mol. The van der Waals surface area contributed by atoms with E-state index in [4.69, 9.17) is 21.1 Å². The van der Waals surface area contributed by atoms with Crippen molar-refractivity contribution in [1.29, 1.82) is 0 Å². The number of aromatic nitrogens is 2. The van der Waals surface area contributed by atoms with Crippen molar-refractivity contribution in [2.75, 3.05) is 0 Å². The van der Waals surface area contributed by atoms with Crippen molar-refractivity contribution in [3.63, 3.8) is 0 Å². The van der Waals surface area contributed by atoms with E-state index in [2.05, 4.69) is 0 Å². The Hall–Kier alpha value is -2.41. The van der Waals surface area contributed by atoms with Crippen LogP contribution in [0.15, 0.2) is 48.5 Å². The Labute approximate surface area is 161 Å². The van der Waals surface area contributed by atoms with E-state index in [1.165, 1.54) is 0 Å². The zero-order valence-electron chi connectivity index (χ0n) is 15.0. The van der Waals surface area contributed by atoms with E-state index < -0.39 is 5.79 Å². The summed E-state index contributed by atoms with van der Waals surface area (Å²) in [6.07, 6.45) is 0.524. The molecule has 0 spiro atoms. The highest BCUT2D eigenvalue weighted by molar-refractivity contribution is 6.30. The third-order valence-corrected chi connectivity index (χ3v) is 5.18. The highest BCUT2D eigenvalue weighted by atomic mass is 35.5. The molecule has 3 aromatic rings. The lowest BCUT2D eigenvalue weighted by Gasteiger charge is -2.30. The molecular formula is C20H19ClN2O4. The molecule has 2 unspecified atom stereocenters. The fourth-order valence-corrected chi connectivity index (χ4v) is 3.52. The van der Waals surface area contributed by atoms with Crippen molar-refractivity contribution in [3.8, 4) is 0 Å². The Morgan fingerprint density at radius 1 is 1.11 bits per heavy atom. The van der Waals surface area contributed by atoms with E-state index in [1.54, 1.807) is 48.5 Å². The summed E-state index contributed by atoms with van der Waals surface area (Å²) in [7, 11) is 0. The average Bonchev–Trinajstić information content (AvgIpc) is 3.07. The number of hydrogen-bond donors (Lipinski definition) is 0. The number of rotatable bonds is 4. The number of benzene rings is 2. The number of nitrogens with zero attached hydrogens (tertiary/aromatic N) is 2.